The Hall–Kier alpha value is -1.77. The maximum Gasteiger partial charge on any atom is 0.231 e. The lowest BCUT2D eigenvalue weighted by molar-refractivity contribution is -0.126. The summed E-state index contributed by atoms with van der Waals surface area (Å²) in [7, 11) is 1.84. The molecule has 1 amide bonds. The van der Waals surface area contributed by atoms with Crippen LogP contribution in [0, 0.1) is 10.8 Å². The SMILES string of the molecule is CN1CCCC1=O.N=C=O.N=C=O. The van der Waals surface area contributed by atoms with E-state index in [4.69, 9.17) is 20.4 Å². The molecule has 0 bridgehead atoms. The first-order chi connectivity index (χ1) is 6.13. The topological polar surface area (TPSA) is 102 Å². The predicted octanol–water partition coefficient (Wildman–Crippen LogP) is 0.0405. The smallest absolute Gasteiger partial charge is 0.231 e. The fourth-order valence-corrected chi connectivity index (χ4v) is 0.783. The maximum absolute atomic E-state index is 10.5. The molecule has 0 unspecified atom stereocenters. The summed E-state index contributed by atoms with van der Waals surface area (Å²) >= 11 is 0. The van der Waals surface area contributed by atoms with E-state index in [1.807, 2.05) is 7.05 Å². The van der Waals surface area contributed by atoms with Gasteiger partial charge in [0.1, 0.15) is 0 Å². The minimum Gasteiger partial charge on any atom is -0.346 e. The van der Waals surface area contributed by atoms with Crippen molar-refractivity contribution in [3.8, 4) is 0 Å². The third-order valence-electron chi connectivity index (χ3n) is 1.31. The van der Waals surface area contributed by atoms with Crippen LogP contribution >= 0.6 is 0 Å². The van der Waals surface area contributed by atoms with Gasteiger partial charge in [0.15, 0.2) is 0 Å². The Morgan fingerprint density at radius 3 is 1.77 bits per heavy atom. The van der Waals surface area contributed by atoms with Crippen molar-refractivity contribution < 1.29 is 14.4 Å². The Morgan fingerprint density at radius 2 is 1.69 bits per heavy atom. The van der Waals surface area contributed by atoms with E-state index in [0.29, 0.717) is 5.91 Å². The third-order valence-corrected chi connectivity index (χ3v) is 1.31. The van der Waals surface area contributed by atoms with Gasteiger partial charge in [0.05, 0.1) is 0 Å². The molecule has 0 spiro atoms. The van der Waals surface area contributed by atoms with E-state index in [-0.39, 0.29) is 0 Å². The zero-order valence-corrected chi connectivity index (χ0v) is 7.29. The van der Waals surface area contributed by atoms with E-state index in [2.05, 4.69) is 0 Å². The van der Waals surface area contributed by atoms with Gasteiger partial charge in [-0.2, -0.15) is 0 Å². The minimum absolute atomic E-state index is 0.292. The number of nitrogens with one attached hydrogen (secondary N) is 2. The summed E-state index contributed by atoms with van der Waals surface area (Å²) in [6, 6.07) is 0. The van der Waals surface area contributed by atoms with Crippen LogP contribution in [0.25, 0.3) is 0 Å². The Bertz CT molecular complexity index is 203. The third kappa shape index (κ3) is 10.2. The highest BCUT2D eigenvalue weighted by molar-refractivity contribution is 5.77. The van der Waals surface area contributed by atoms with E-state index >= 15 is 0 Å². The molecule has 0 aliphatic carbocycles. The van der Waals surface area contributed by atoms with Gasteiger partial charge in [-0.05, 0) is 6.42 Å². The number of rotatable bonds is 0. The molecule has 0 radical (unpaired) electrons. The molecule has 72 valence electrons. The Balaban J connectivity index is 0. The normalized spacial score (nSPS) is 12.7. The molecule has 1 aliphatic heterocycles. The standard InChI is InChI=1S/C5H9NO.2CHNO/c1-6-4-2-3-5(6)7;2*2-1-3/h2-4H2,1H3;2*2H. The van der Waals surface area contributed by atoms with Gasteiger partial charge in [-0.25, -0.2) is 20.4 Å². The van der Waals surface area contributed by atoms with Crippen LogP contribution in [0.4, 0.5) is 0 Å². The van der Waals surface area contributed by atoms with Crippen molar-refractivity contribution in [3.05, 3.63) is 0 Å². The monoisotopic (exact) mass is 185 g/mol. The Labute approximate surface area is 75.5 Å². The molecule has 0 aromatic heterocycles. The fraction of sp³-hybridized carbons (Fsp3) is 0.571. The lowest BCUT2D eigenvalue weighted by atomic mass is 10.4. The summed E-state index contributed by atoms with van der Waals surface area (Å²) in [6.45, 7) is 0.957. The molecule has 1 saturated heterocycles. The summed E-state index contributed by atoms with van der Waals surface area (Å²) < 4.78 is 0. The molecular weight excluding hydrogens is 174 g/mol. The van der Waals surface area contributed by atoms with Crippen LogP contribution in [0.15, 0.2) is 0 Å². The molecule has 1 heterocycles. The van der Waals surface area contributed by atoms with E-state index in [1.54, 1.807) is 4.90 Å². The average Bonchev–Trinajstić information content (AvgIpc) is 2.39. The number of nitrogens with zero attached hydrogens (tertiary/aromatic N) is 1. The van der Waals surface area contributed by atoms with E-state index in [9.17, 15) is 4.79 Å². The van der Waals surface area contributed by atoms with E-state index < -0.39 is 0 Å². The fourth-order valence-electron chi connectivity index (χ4n) is 0.783. The highest BCUT2D eigenvalue weighted by Crippen LogP contribution is 2.04. The highest BCUT2D eigenvalue weighted by Gasteiger charge is 2.14. The summed E-state index contributed by atoms with van der Waals surface area (Å²) in [5.41, 5.74) is 0. The number of hydrogen-bond donors (Lipinski definition) is 2. The number of hydrogen-bond acceptors (Lipinski definition) is 5. The molecule has 0 aromatic rings. The van der Waals surface area contributed by atoms with Gasteiger partial charge < -0.3 is 4.90 Å². The highest BCUT2D eigenvalue weighted by atomic mass is 16.2. The molecule has 0 atom stereocenters. The summed E-state index contributed by atoms with van der Waals surface area (Å²) in [5.74, 6) is 0.292. The van der Waals surface area contributed by atoms with E-state index in [1.165, 1.54) is 0 Å². The van der Waals surface area contributed by atoms with Crippen molar-refractivity contribution in [3.63, 3.8) is 0 Å². The average molecular weight is 185 g/mol. The van der Waals surface area contributed by atoms with Crippen molar-refractivity contribution in [2.24, 2.45) is 0 Å². The van der Waals surface area contributed by atoms with Crippen molar-refractivity contribution >= 4 is 18.1 Å². The van der Waals surface area contributed by atoms with Gasteiger partial charge in [-0.3, -0.25) is 4.79 Å². The van der Waals surface area contributed by atoms with Crippen molar-refractivity contribution in [1.29, 1.82) is 10.8 Å². The molecule has 2 N–H and O–H groups in total. The summed E-state index contributed by atoms with van der Waals surface area (Å²) in [4.78, 5) is 29.0. The molecule has 0 aromatic carbocycles. The second kappa shape index (κ2) is 10.2. The van der Waals surface area contributed by atoms with Gasteiger partial charge in [0.25, 0.3) is 0 Å². The lowest BCUT2D eigenvalue weighted by Crippen LogP contribution is -2.17. The van der Waals surface area contributed by atoms with Crippen molar-refractivity contribution in [2.75, 3.05) is 13.6 Å². The molecular formula is C7H11N3O3. The molecule has 13 heavy (non-hydrogen) atoms. The summed E-state index contributed by atoms with van der Waals surface area (Å²) in [5, 5.41) is 10.8. The van der Waals surface area contributed by atoms with Gasteiger partial charge in [-0.15, -0.1) is 0 Å². The quantitative estimate of drug-likeness (QED) is 0.411. The largest absolute Gasteiger partial charge is 0.346 e. The van der Waals surface area contributed by atoms with Gasteiger partial charge in [0, 0.05) is 20.0 Å². The Morgan fingerprint density at radius 1 is 1.31 bits per heavy atom. The first-order valence-corrected chi connectivity index (χ1v) is 3.45. The zero-order chi connectivity index (χ0) is 10.7. The first-order valence-electron chi connectivity index (χ1n) is 3.45. The second-order valence-corrected chi connectivity index (χ2v) is 2.12. The zero-order valence-electron chi connectivity index (χ0n) is 7.29. The maximum atomic E-state index is 10.5. The number of isocyanates is 2. The molecule has 1 rings (SSSR count). The van der Waals surface area contributed by atoms with Gasteiger partial charge in [0.2, 0.25) is 18.1 Å². The number of amides is 1. The molecule has 1 aliphatic rings. The van der Waals surface area contributed by atoms with Crippen LogP contribution in [0.2, 0.25) is 0 Å². The first kappa shape index (κ1) is 13.8. The van der Waals surface area contributed by atoms with Crippen LogP contribution < -0.4 is 0 Å². The molecule has 6 heteroatoms. The van der Waals surface area contributed by atoms with Crippen LogP contribution in [0.5, 0.6) is 0 Å². The molecule has 1 fully saturated rings. The number of likely N-dealkylation sites (tertiary alicyclic amines) is 1. The Kier molecular flexibility index (Phi) is 10.9. The van der Waals surface area contributed by atoms with Gasteiger partial charge in [-0.1, -0.05) is 0 Å². The van der Waals surface area contributed by atoms with Crippen molar-refractivity contribution in [2.45, 2.75) is 12.8 Å². The predicted molar refractivity (Wildman–Crippen MR) is 43.7 cm³/mol. The van der Waals surface area contributed by atoms with Crippen LogP contribution in [0.3, 0.4) is 0 Å². The second-order valence-electron chi connectivity index (χ2n) is 2.12. The molecule has 6 nitrogen and oxygen atoms in total. The summed E-state index contributed by atoms with van der Waals surface area (Å²) in [6.07, 6.45) is 3.31. The number of carbonyl (C=O) groups excluding carboxylic acids is 3. The number of carbonyl (C=O) groups is 1. The van der Waals surface area contributed by atoms with Crippen LogP contribution in [-0.2, 0) is 14.4 Å². The van der Waals surface area contributed by atoms with E-state index in [0.717, 1.165) is 31.5 Å². The lowest BCUT2D eigenvalue weighted by Gasteiger charge is -2.03. The van der Waals surface area contributed by atoms with Gasteiger partial charge >= 0.3 is 0 Å². The minimum atomic E-state index is 0.292. The molecule has 0 saturated carbocycles. The van der Waals surface area contributed by atoms with Crippen LogP contribution in [0.1, 0.15) is 12.8 Å². The van der Waals surface area contributed by atoms with Crippen molar-refractivity contribution in [1.82, 2.24) is 4.90 Å². The van der Waals surface area contributed by atoms with Crippen LogP contribution in [-0.4, -0.2) is 36.6 Å².